The van der Waals surface area contributed by atoms with Crippen molar-refractivity contribution in [1.29, 1.82) is 0 Å². The Hall–Kier alpha value is -3.18. The van der Waals surface area contributed by atoms with Gasteiger partial charge in [0.05, 0.1) is 5.69 Å². The Morgan fingerprint density at radius 1 is 0.630 bits per heavy atom. The van der Waals surface area contributed by atoms with E-state index in [0.717, 1.165) is 22.4 Å². The van der Waals surface area contributed by atoms with Gasteiger partial charge in [0.15, 0.2) is 0 Å². The first kappa shape index (κ1) is 17.2. The molecule has 132 valence electrons. The zero-order valence-electron chi connectivity index (χ0n) is 14.4. The summed E-state index contributed by atoms with van der Waals surface area (Å²) >= 11 is 6.02. The van der Waals surface area contributed by atoms with Gasteiger partial charge >= 0.3 is 0 Å². The molecule has 4 rings (SSSR count). The van der Waals surface area contributed by atoms with Crippen molar-refractivity contribution in [2.24, 2.45) is 0 Å². The van der Waals surface area contributed by atoms with Crippen molar-refractivity contribution in [2.75, 3.05) is 0 Å². The van der Waals surface area contributed by atoms with Crippen molar-refractivity contribution in [3.8, 4) is 0 Å². The van der Waals surface area contributed by atoms with Crippen LogP contribution in [0.5, 0.6) is 0 Å². The van der Waals surface area contributed by atoms with E-state index in [9.17, 15) is 0 Å². The van der Waals surface area contributed by atoms with Crippen LogP contribution in [0.15, 0.2) is 86.0 Å². The number of hydrogen-bond acceptors (Lipinski definition) is 5. The van der Waals surface area contributed by atoms with Crippen molar-refractivity contribution in [3.63, 3.8) is 0 Å². The van der Waals surface area contributed by atoms with Crippen molar-refractivity contribution in [1.82, 2.24) is 24.9 Å². The largest absolute Gasteiger partial charge is 0.264 e. The van der Waals surface area contributed by atoms with Gasteiger partial charge in [-0.05, 0) is 41.0 Å². The topological polar surface area (TPSA) is 64.5 Å². The summed E-state index contributed by atoms with van der Waals surface area (Å²) in [7, 11) is 0. The monoisotopic (exact) mass is 373 g/mol. The number of aromatic nitrogens is 5. The molecule has 0 saturated carbocycles. The Morgan fingerprint density at radius 3 is 1.85 bits per heavy atom. The summed E-state index contributed by atoms with van der Waals surface area (Å²) in [5, 5.41) is 0.458. The van der Waals surface area contributed by atoms with Crippen LogP contribution in [-0.2, 0) is 0 Å². The first-order valence-corrected chi connectivity index (χ1v) is 8.88. The average Bonchev–Trinajstić information content (AvgIpc) is 2.75. The molecule has 1 atom stereocenters. The Balaban J connectivity index is 1.93. The summed E-state index contributed by atoms with van der Waals surface area (Å²) in [4.78, 5) is 21.5. The standard InChI is InChI=1S/C21H16ClN5/c22-19-6-5-17(13-26-19)21(18-7-10-25-14-27-18)20(15-3-1-8-23-11-15)16-4-2-9-24-12-16/h1-14,20-21H. The van der Waals surface area contributed by atoms with Crippen LogP contribution in [-0.4, -0.2) is 24.9 Å². The molecule has 0 aliphatic heterocycles. The molecule has 0 spiro atoms. The van der Waals surface area contributed by atoms with E-state index in [2.05, 4.69) is 37.1 Å². The molecule has 6 heteroatoms. The van der Waals surface area contributed by atoms with E-state index in [1.807, 2.05) is 36.7 Å². The quantitative estimate of drug-likeness (QED) is 0.488. The molecule has 0 N–H and O–H groups in total. The zero-order valence-corrected chi connectivity index (χ0v) is 15.1. The third-order valence-corrected chi connectivity index (χ3v) is 4.68. The molecule has 4 aromatic heterocycles. The fourth-order valence-corrected chi connectivity index (χ4v) is 3.40. The highest BCUT2D eigenvalue weighted by atomic mass is 35.5. The predicted octanol–water partition coefficient (Wildman–Crippen LogP) is 4.28. The Kier molecular flexibility index (Phi) is 5.12. The Bertz CT molecular complexity index is 940. The summed E-state index contributed by atoms with van der Waals surface area (Å²) in [5.41, 5.74) is 4.05. The van der Waals surface area contributed by atoms with Gasteiger partial charge in [-0.3, -0.25) is 9.97 Å². The summed E-state index contributed by atoms with van der Waals surface area (Å²) in [6.45, 7) is 0. The van der Waals surface area contributed by atoms with E-state index in [0.29, 0.717) is 5.15 Å². The highest BCUT2D eigenvalue weighted by molar-refractivity contribution is 6.29. The first-order valence-electron chi connectivity index (χ1n) is 8.50. The molecular weight excluding hydrogens is 358 g/mol. The highest BCUT2D eigenvalue weighted by Crippen LogP contribution is 2.41. The van der Waals surface area contributed by atoms with Crippen LogP contribution < -0.4 is 0 Å². The van der Waals surface area contributed by atoms with Crippen LogP contribution in [0.2, 0.25) is 5.15 Å². The molecule has 0 saturated heterocycles. The molecule has 0 aliphatic carbocycles. The molecule has 5 nitrogen and oxygen atoms in total. The Morgan fingerprint density at radius 2 is 1.33 bits per heavy atom. The third-order valence-electron chi connectivity index (χ3n) is 4.45. The number of rotatable bonds is 5. The lowest BCUT2D eigenvalue weighted by Crippen LogP contribution is -2.16. The van der Waals surface area contributed by atoms with E-state index < -0.39 is 0 Å². The minimum atomic E-state index is -0.0915. The van der Waals surface area contributed by atoms with Gasteiger partial charge in [-0.1, -0.05) is 29.8 Å². The second kappa shape index (κ2) is 8.01. The van der Waals surface area contributed by atoms with Crippen LogP contribution in [0.1, 0.15) is 34.2 Å². The van der Waals surface area contributed by atoms with Gasteiger partial charge in [0, 0.05) is 49.0 Å². The molecular formula is C21H16ClN5. The van der Waals surface area contributed by atoms with Crippen LogP contribution in [0, 0.1) is 0 Å². The number of pyridine rings is 3. The van der Waals surface area contributed by atoms with Gasteiger partial charge in [-0.15, -0.1) is 0 Å². The molecule has 0 aromatic carbocycles. The molecule has 1 unspecified atom stereocenters. The van der Waals surface area contributed by atoms with Crippen LogP contribution >= 0.6 is 11.6 Å². The molecule has 4 aromatic rings. The smallest absolute Gasteiger partial charge is 0.129 e. The maximum Gasteiger partial charge on any atom is 0.129 e. The predicted molar refractivity (Wildman–Crippen MR) is 103 cm³/mol. The van der Waals surface area contributed by atoms with E-state index in [1.54, 1.807) is 37.2 Å². The third kappa shape index (κ3) is 3.83. The van der Waals surface area contributed by atoms with Gasteiger partial charge in [0.1, 0.15) is 11.5 Å². The summed E-state index contributed by atoms with van der Waals surface area (Å²) < 4.78 is 0. The molecule has 27 heavy (non-hydrogen) atoms. The molecule has 4 heterocycles. The summed E-state index contributed by atoms with van der Waals surface area (Å²) in [6.07, 6.45) is 12.4. The van der Waals surface area contributed by atoms with Crippen LogP contribution in [0.3, 0.4) is 0 Å². The van der Waals surface area contributed by atoms with E-state index >= 15 is 0 Å². The van der Waals surface area contributed by atoms with Gasteiger partial charge in [0.2, 0.25) is 0 Å². The maximum atomic E-state index is 6.02. The minimum absolute atomic E-state index is 0.0368. The first-order chi connectivity index (χ1) is 13.3. The minimum Gasteiger partial charge on any atom is -0.264 e. The Labute approximate surface area is 162 Å². The van der Waals surface area contributed by atoms with E-state index in [4.69, 9.17) is 11.6 Å². The fraction of sp³-hybridized carbons (Fsp3) is 0.0952. The van der Waals surface area contributed by atoms with Crippen LogP contribution in [0.4, 0.5) is 0 Å². The molecule has 0 radical (unpaired) electrons. The lowest BCUT2D eigenvalue weighted by molar-refractivity contribution is 0.665. The molecule has 0 amide bonds. The summed E-state index contributed by atoms with van der Waals surface area (Å²) in [6, 6.07) is 13.7. The number of halogens is 1. The summed E-state index contributed by atoms with van der Waals surface area (Å²) in [5.74, 6) is -0.128. The van der Waals surface area contributed by atoms with Crippen molar-refractivity contribution in [2.45, 2.75) is 11.8 Å². The SMILES string of the molecule is Clc1ccc(C(c2ccncn2)C(c2cccnc2)c2cccnc2)cn1. The number of nitrogens with zero attached hydrogens (tertiary/aromatic N) is 5. The molecule has 0 fully saturated rings. The van der Waals surface area contributed by atoms with Crippen molar-refractivity contribution in [3.05, 3.63) is 114 Å². The van der Waals surface area contributed by atoms with E-state index in [-0.39, 0.29) is 11.8 Å². The second-order valence-corrected chi connectivity index (χ2v) is 6.46. The highest BCUT2D eigenvalue weighted by Gasteiger charge is 2.30. The van der Waals surface area contributed by atoms with Crippen molar-refractivity contribution < 1.29 is 0 Å². The second-order valence-electron chi connectivity index (χ2n) is 6.08. The molecule has 0 aliphatic rings. The van der Waals surface area contributed by atoms with Gasteiger partial charge in [-0.25, -0.2) is 15.0 Å². The fourth-order valence-electron chi connectivity index (χ4n) is 3.29. The zero-order chi connectivity index (χ0) is 18.5. The number of hydrogen-bond donors (Lipinski definition) is 0. The normalized spacial score (nSPS) is 12.1. The van der Waals surface area contributed by atoms with Gasteiger partial charge < -0.3 is 0 Å². The van der Waals surface area contributed by atoms with Crippen LogP contribution in [0.25, 0.3) is 0 Å². The lowest BCUT2D eigenvalue weighted by atomic mass is 9.77. The lowest BCUT2D eigenvalue weighted by Gasteiger charge is -2.27. The maximum absolute atomic E-state index is 6.02. The van der Waals surface area contributed by atoms with Crippen molar-refractivity contribution >= 4 is 11.6 Å². The van der Waals surface area contributed by atoms with Gasteiger partial charge in [0.25, 0.3) is 0 Å². The van der Waals surface area contributed by atoms with E-state index in [1.165, 1.54) is 0 Å². The van der Waals surface area contributed by atoms with Gasteiger partial charge in [-0.2, -0.15) is 0 Å². The molecule has 0 bridgehead atoms. The average molecular weight is 374 g/mol.